The second-order valence-electron chi connectivity index (χ2n) is 7.39. The fraction of sp³-hybridized carbons (Fsp3) is 0.500. The van der Waals surface area contributed by atoms with Crippen LogP contribution in [0, 0.1) is 5.21 Å². The molecule has 0 unspecified atom stereocenters. The highest BCUT2D eigenvalue weighted by Crippen LogP contribution is 2.26. The van der Waals surface area contributed by atoms with Crippen LogP contribution in [0.25, 0.3) is 5.65 Å². The minimum absolute atomic E-state index is 0.157. The zero-order chi connectivity index (χ0) is 20.2. The van der Waals surface area contributed by atoms with Crippen molar-refractivity contribution in [1.82, 2.24) is 19.6 Å². The third kappa shape index (κ3) is 4.09. The molecule has 1 fully saturated rings. The van der Waals surface area contributed by atoms with Crippen molar-refractivity contribution in [2.24, 2.45) is 0 Å². The Balaban J connectivity index is 1.69. The minimum Gasteiger partial charge on any atom is -0.619 e. The zero-order valence-corrected chi connectivity index (χ0v) is 16.7. The van der Waals surface area contributed by atoms with Gasteiger partial charge in [-0.25, -0.2) is 0 Å². The number of fused-ring (bicyclic) bond motifs is 1. The summed E-state index contributed by atoms with van der Waals surface area (Å²) >= 11 is 0. The molecule has 0 spiro atoms. The lowest BCUT2D eigenvalue weighted by molar-refractivity contribution is -0.605. The number of aromatic nitrogens is 5. The maximum Gasteiger partial charge on any atom is 0.230 e. The number of nitrogens with zero attached hydrogens (tertiary/aromatic N) is 6. The smallest absolute Gasteiger partial charge is 0.230 e. The number of aryl methyl sites for hydroxylation is 1. The van der Waals surface area contributed by atoms with E-state index in [4.69, 9.17) is 9.97 Å². The van der Waals surface area contributed by atoms with E-state index in [1.54, 1.807) is 10.6 Å². The molecular weight excluding hydrogens is 370 g/mol. The first-order valence-corrected chi connectivity index (χ1v) is 10.2. The van der Waals surface area contributed by atoms with Crippen molar-refractivity contribution >= 4 is 17.5 Å². The van der Waals surface area contributed by atoms with Crippen molar-refractivity contribution in [2.45, 2.75) is 51.6 Å². The predicted molar refractivity (Wildman–Crippen MR) is 110 cm³/mol. The van der Waals surface area contributed by atoms with Crippen molar-refractivity contribution in [3.05, 3.63) is 47.1 Å². The Morgan fingerprint density at radius 3 is 3.03 bits per heavy atom. The van der Waals surface area contributed by atoms with Gasteiger partial charge in [-0.3, -0.25) is 0 Å². The lowest BCUT2D eigenvalue weighted by atomic mass is 10.0. The first-order valence-electron chi connectivity index (χ1n) is 10.2. The highest BCUT2D eigenvalue weighted by molar-refractivity contribution is 5.55. The van der Waals surface area contributed by atoms with Gasteiger partial charge in [-0.1, -0.05) is 6.92 Å². The molecule has 9 heteroatoms. The van der Waals surface area contributed by atoms with Crippen LogP contribution in [-0.2, 0) is 13.0 Å². The first-order chi connectivity index (χ1) is 14.2. The lowest BCUT2D eigenvalue weighted by Crippen LogP contribution is -2.41. The second kappa shape index (κ2) is 8.60. The number of rotatable bonds is 7. The van der Waals surface area contributed by atoms with Crippen molar-refractivity contribution in [3.63, 3.8) is 0 Å². The summed E-state index contributed by atoms with van der Waals surface area (Å²) in [7, 11) is 0. The Kier molecular flexibility index (Phi) is 5.75. The summed E-state index contributed by atoms with van der Waals surface area (Å²) < 4.78 is 2.51. The number of aliphatic hydroxyl groups is 1. The highest BCUT2D eigenvalue weighted by atomic mass is 16.5. The van der Waals surface area contributed by atoms with Crippen molar-refractivity contribution in [3.8, 4) is 0 Å². The van der Waals surface area contributed by atoms with E-state index in [0.717, 1.165) is 53.7 Å². The van der Waals surface area contributed by atoms with Gasteiger partial charge in [0.15, 0.2) is 18.0 Å². The Labute approximate surface area is 169 Å². The van der Waals surface area contributed by atoms with Crippen molar-refractivity contribution in [1.29, 1.82) is 0 Å². The molecule has 9 nitrogen and oxygen atoms in total. The van der Waals surface area contributed by atoms with E-state index in [-0.39, 0.29) is 12.6 Å². The minimum atomic E-state index is 0.157. The molecule has 0 saturated carbocycles. The van der Waals surface area contributed by atoms with Gasteiger partial charge in [0.25, 0.3) is 0 Å². The zero-order valence-electron chi connectivity index (χ0n) is 16.7. The van der Waals surface area contributed by atoms with E-state index in [9.17, 15) is 10.3 Å². The van der Waals surface area contributed by atoms with E-state index >= 15 is 0 Å². The van der Waals surface area contributed by atoms with Gasteiger partial charge in [-0.15, -0.1) is 0 Å². The Morgan fingerprint density at radius 2 is 2.24 bits per heavy atom. The maximum absolute atomic E-state index is 11.5. The molecule has 0 amide bonds. The molecule has 2 N–H and O–H groups in total. The molecule has 4 heterocycles. The van der Waals surface area contributed by atoms with Gasteiger partial charge in [-0.2, -0.15) is 24.3 Å². The monoisotopic (exact) mass is 397 g/mol. The summed E-state index contributed by atoms with van der Waals surface area (Å²) in [5.41, 5.74) is 2.71. The average Bonchev–Trinajstić information content (AvgIpc) is 3.16. The number of piperidine rings is 1. The summed E-state index contributed by atoms with van der Waals surface area (Å²) in [5, 5.41) is 28.8. The summed E-state index contributed by atoms with van der Waals surface area (Å²) in [5.74, 6) is 1.26. The van der Waals surface area contributed by atoms with Gasteiger partial charge >= 0.3 is 0 Å². The standard InChI is InChI=1S/C20H27N7O2/c1-2-16-13-22-27-18(16)23-20(26-10-4-3-7-17(26)8-11-28)24-19(27)21-12-15-6-5-9-25(29)14-15/h5-6,9,13-14,17,28H,2-4,7-8,10-12H2,1H3,(H,21,23,24)/t17-/m0/s1. The largest absolute Gasteiger partial charge is 0.619 e. The third-order valence-electron chi connectivity index (χ3n) is 5.44. The molecule has 0 bridgehead atoms. The molecule has 154 valence electrons. The molecule has 1 saturated heterocycles. The summed E-state index contributed by atoms with van der Waals surface area (Å²) in [6.07, 6.45) is 9.65. The molecular formula is C20H27N7O2. The Bertz CT molecular complexity index is 973. The van der Waals surface area contributed by atoms with Gasteiger partial charge in [0.2, 0.25) is 11.9 Å². The van der Waals surface area contributed by atoms with Crippen molar-refractivity contribution in [2.75, 3.05) is 23.4 Å². The summed E-state index contributed by atoms with van der Waals surface area (Å²) in [6, 6.07) is 3.86. The molecule has 1 atom stereocenters. The van der Waals surface area contributed by atoms with E-state index in [2.05, 4.69) is 22.2 Å². The first kappa shape index (κ1) is 19.4. The fourth-order valence-corrected chi connectivity index (χ4v) is 3.90. The molecule has 0 radical (unpaired) electrons. The summed E-state index contributed by atoms with van der Waals surface area (Å²) in [6.45, 7) is 3.57. The number of anilines is 2. The van der Waals surface area contributed by atoms with Gasteiger partial charge in [0.1, 0.15) is 0 Å². The lowest BCUT2D eigenvalue weighted by Gasteiger charge is -2.35. The number of hydrogen-bond donors (Lipinski definition) is 2. The van der Waals surface area contributed by atoms with Crippen LogP contribution >= 0.6 is 0 Å². The predicted octanol–water partition coefficient (Wildman–Crippen LogP) is 1.67. The van der Waals surface area contributed by atoms with Gasteiger partial charge < -0.3 is 20.5 Å². The van der Waals surface area contributed by atoms with Crippen LogP contribution in [0.1, 0.15) is 43.7 Å². The molecule has 3 aromatic rings. The van der Waals surface area contributed by atoms with Gasteiger partial charge in [-0.05, 0) is 38.2 Å². The molecule has 29 heavy (non-hydrogen) atoms. The van der Waals surface area contributed by atoms with E-state index in [1.807, 2.05) is 12.3 Å². The quantitative estimate of drug-likeness (QED) is 0.461. The van der Waals surface area contributed by atoms with Crippen molar-refractivity contribution < 1.29 is 9.84 Å². The number of hydrogen-bond acceptors (Lipinski definition) is 7. The normalized spacial score (nSPS) is 17.0. The molecule has 1 aliphatic heterocycles. The van der Waals surface area contributed by atoms with Crippen LogP contribution in [0.3, 0.4) is 0 Å². The maximum atomic E-state index is 11.5. The SMILES string of the molecule is CCc1cnn2c(NCc3ccc[n+]([O-])c3)nc(N3CCCC[C@H]3CCO)nc12. The number of nitrogens with one attached hydrogen (secondary N) is 1. The Hall–Kier alpha value is -2.94. The highest BCUT2D eigenvalue weighted by Gasteiger charge is 2.26. The number of aliphatic hydroxyl groups excluding tert-OH is 1. The topological polar surface area (TPSA) is 106 Å². The average molecular weight is 397 g/mol. The molecule has 4 rings (SSSR count). The second-order valence-corrected chi connectivity index (χ2v) is 7.39. The van der Waals surface area contributed by atoms with E-state index < -0.39 is 0 Å². The summed E-state index contributed by atoms with van der Waals surface area (Å²) in [4.78, 5) is 11.8. The van der Waals surface area contributed by atoms with Crippen LogP contribution in [-0.4, -0.2) is 43.9 Å². The number of pyridine rings is 1. The van der Waals surface area contributed by atoms with Crippen LogP contribution in [0.2, 0.25) is 0 Å². The van der Waals surface area contributed by atoms with Crippen LogP contribution < -0.4 is 14.9 Å². The van der Waals surface area contributed by atoms with E-state index in [0.29, 0.717) is 24.9 Å². The van der Waals surface area contributed by atoms with Gasteiger partial charge in [0.05, 0.1) is 6.20 Å². The molecule has 0 aliphatic carbocycles. The van der Waals surface area contributed by atoms with Gasteiger partial charge in [0, 0.05) is 42.9 Å². The molecule has 3 aromatic heterocycles. The Morgan fingerprint density at radius 1 is 1.34 bits per heavy atom. The molecule has 1 aliphatic rings. The van der Waals surface area contributed by atoms with Crippen LogP contribution in [0.4, 0.5) is 11.9 Å². The fourth-order valence-electron chi connectivity index (χ4n) is 3.90. The van der Waals surface area contributed by atoms with Crippen LogP contribution in [0.15, 0.2) is 30.7 Å². The van der Waals surface area contributed by atoms with Crippen LogP contribution in [0.5, 0.6) is 0 Å². The molecule has 0 aromatic carbocycles. The van der Waals surface area contributed by atoms with E-state index in [1.165, 1.54) is 12.4 Å². The third-order valence-corrected chi connectivity index (χ3v) is 5.44.